The molecule has 0 aromatic rings. The van der Waals surface area contributed by atoms with Gasteiger partial charge in [0.25, 0.3) is 0 Å². The average Bonchev–Trinajstić information content (AvgIpc) is 2.34. The second-order valence-corrected chi connectivity index (χ2v) is 3.97. The third-order valence-electron chi connectivity index (χ3n) is 2.02. The number of hydrogen-bond donors (Lipinski definition) is 2. The number of nitriles is 1. The Hall–Kier alpha value is -1.84. The summed E-state index contributed by atoms with van der Waals surface area (Å²) >= 11 is 0. The molecule has 0 unspecified atom stereocenters. The molecule has 0 saturated heterocycles. The van der Waals surface area contributed by atoms with Crippen molar-refractivity contribution in [3.8, 4) is 6.07 Å². The van der Waals surface area contributed by atoms with Crippen LogP contribution in [0.2, 0.25) is 0 Å². The maximum Gasteiger partial charge on any atom is 0.349 e. The van der Waals surface area contributed by atoms with Gasteiger partial charge in [-0.25, -0.2) is 4.79 Å². The maximum absolute atomic E-state index is 11.5. The number of esters is 1. The first-order valence-electron chi connectivity index (χ1n) is 6.00. The molecule has 0 fully saturated rings. The minimum atomic E-state index is -0.669. The van der Waals surface area contributed by atoms with E-state index in [1.165, 1.54) is 12.2 Å². The minimum absolute atomic E-state index is 0.0471. The Balaban J connectivity index is 4.62. The highest BCUT2D eigenvalue weighted by Crippen LogP contribution is 2.01. The molecule has 0 bridgehead atoms. The van der Waals surface area contributed by atoms with Crippen LogP contribution in [-0.4, -0.2) is 53.5 Å². The number of allylic oxidation sites excluding steroid dienone is 2. The smallest absolute Gasteiger partial charge is 0.349 e. The summed E-state index contributed by atoms with van der Waals surface area (Å²) in [6.07, 6.45) is 4.15. The molecule has 0 rings (SSSR count). The van der Waals surface area contributed by atoms with E-state index < -0.39 is 5.97 Å². The fourth-order valence-corrected chi connectivity index (χ4v) is 1.21. The van der Waals surface area contributed by atoms with Gasteiger partial charge >= 0.3 is 5.97 Å². The van der Waals surface area contributed by atoms with Crippen molar-refractivity contribution < 1.29 is 19.7 Å². The summed E-state index contributed by atoms with van der Waals surface area (Å²) < 4.78 is 4.90. The minimum Gasteiger partial charge on any atom is -0.459 e. The van der Waals surface area contributed by atoms with E-state index in [9.17, 15) is 4.79 Å². The molecule has 0 aromatic carbocycles. The van der Waals surface area contributed by atoms with E-state index in [4.69, 9.17) is 20.2 Å². The summed E-state index contributed by atoms with van der Waals surface area (Å²) in [6.45, 7) is 4.04. The normalized spacial score (nSPS) is 11.7. The van der Waals surface area contributed by atoms with E-state index in [1.807, 2.05) is 0 Å². The predicted octanol–water partition coefficient (Wildman–Crippen LogP) is 0.188. The summed E-state index contributed by atoms with van der Waals surface area (Å²) in [5.74, 6) is -0.669. The Kier molecular flexibility index (Phi) is 9.14. The van der Waals surface area contributed by atoms with Crippen molar-refractivity contribution in [1.82, 2.24) is 4.90 Å². The summed E-state index contributed by atoms with van der Waals surface area (Å²) in [5, 5.41) is 26.4. The Morgan fingerprint density at radius 3 is 2.37 bits per heavy atom. The van der Waals surface area contributed by atoms with Gasteiger partial charge in [-0.3, -0.25) is 0 Å². The fourth-order valence-electron chi connectivity index (χ4n) is 1.21. The Bertz CT molecular complexity index is 363. The molecule has 19 heavy (non-hydrogen) atoms. The van der Waals surface area contributed by atoms with Crippen molar-refractivity contribution in [2.24, 2.45) is 0 Å². The zero-order chi connectivity index (χ0) is 14.7. The second-order valence-electron chi connectivity index (χ2n) is 3.97. The highest BCUT2D eigenvalue weighted by atomic mass is 16.5. The van der Waals surface area contributed by atoms with Gasteiger partial charge in [0.15, 0.2) is 0 Å². The van der Waals surface area contributed by atoms with Crippen LogP contribution in [0.25, 0.3) is 0 Å². The number of carbonyl (C=O) groups is 1. The van der Waals surface area contributed by atoms with Gasteiger partial charge in [-0.15, -0.1) is 0 Å². The third-order valence-corrected chi connectivity index (χ3v) is 2.02. The van der Waals surface area contributed by atoms with Crippen LogP contribution in [0.15, 0.2) is 23.9 Å². The molecule has 0 amide bonds. The van der Waals surface area contributed by atoms with Crippen LogP contribution >= 0.6 is 0 Å². The van der Waals surface area contributed by atoms with E-state index >= 15 is 0 Å². The molecular weight excluding hydrogens is 248 g/mol. The molecule has 2 N–H and O–H groups in total. The number of aliphatic hydroxyl groups excluding tert-OH is 2. The standard InChI is InChI=1S/C13H20N2O4/c1-11(2)19-13(18)12(10-14)4-3-5-15(6-8-16)7-9-17/h3-5,11,16-17H,6-9H2,1-2H3/b5-3+,12-4-. The Morgan fingerprint density at radius 2 is 1.95 bits per heavy atom. The van der Waals surface area contributed by atoms with Gasteiger partial charge in [-0.05, 0) is 32.2 Å². The number of aliphatic hydroxyl groups is 2. The predicted molar refractivity (Wildman–Crippen MR) is 69.8 cm³/mol. The van der Waals surface area contributed by atoms with Crippen molar-refractivity contribution in [1.29, 1.82) is 5.26 Å². The van der Waals surface area contributed by atoms with Crippen LogP contribution in [0.1, 0.15) is 13.8 Å². The van der Waals surface area contributed by atoms with Gasteiger partial charge in [-0.2, -0.15) is 5.26 Å². The van der Waals surface area contributed by atoms with Crippen LogP contribution in [0.3, 0.4) is 0 Å². The first-order chi connectivity index (χ1) is 9.04. The largest absolute Gasteiger partial charge is 0.459 e. The molecule has 0 aliphatic heterocycles. The Labute approximate surface area is 113 Å². The van der Waals surface area contributed by atoms with Crippen molar-refractivity contribution in [3.05, 3.63) is 23.9 Å². The van der Waals surface area contributed by atoms with Gasteiger partial charge in [0.1, 0.15) is 11.6 Å². The molecule has 0 aliphatic rings. The molecule has 106 valence electrons. The van der Waals surface area contributed by atoms with Crippen LogP contribution in [-0.2, 0) is 9.53 Å². The van der Waals surface area contributed by atoms with Gasteiger partial charge in [0.2, 0.25) is 0 Å². The van der Waals surface area contributed by atoms with E-state index in [0.717, 1.165) is 0 Å². The summed E-state index contributed by atoms with van der Waals surface area (Å²) in [4.78, 5) is 13.1. The fraction of sp³-hybridized carbons (Fsp3) is 0.538. The zero-order valence-electron chi connectivity index (χ0n) is 11.2. The van der Waals surface area contributed by atoms with E-state index in [1.54, 1.807) is 31.0 Å². The van der Waals surface area contributed by atoms with Crippen molar-refractivity contribution >= 4 is 5.97 Å². The highest BCUT2D eigenvalue weighted by molar-refractivity contribution is 5.93. The molecule has 0 radical (unpaired) electrons. The average molecular weight is 268 g/mol. The number of nitrogens with zero attached hydrogens (tertiary/aromatic N) is 2. The topological polar surface area (TPSA) is 93.8 Å². The summed E-state index contributed by atoms with van der Waals surface area (Å²) in [6, 6.07) is 1.76. The Morgan fingerprint density at radius 1 is 1.37 bits per heavy atom. The molecule has 0 aliphatic carbocycles. The second kappa shape index (κ2) is 10.1. The zero-order valence-corrected chi connectivity index (χ0v) is 11.2. The van der Waals surface area contributed by atoms with Crippen LogP contribution in [0.4, 0.5) is 0 Å². The lowest BCUT2D eigenvalue weighted by Crippen LogP contribution is -2.24. The van der Waals surface area contributed by atoms with Gasteiger partial charge in [0, 0.05) is 13.1 Å². The van der Waals surface area contributed by atoms with Crippen molar-refractivity contribution in [3.63, 3.8) is 0 Å². The lowest BCUT2D eigenvalue weighted by Gasteiger charge is -2.16. The van der Waals surface area contributed by atoms with Gasteiger partial charge in [-0.1, -0.05) is 0 Å². The SMILES string of the molecule is CC(C)OC(=O)/C(C#N)=C\C=C\N(CCO)CCO. The molecule has 0 spiro atoms. The molecule has 0 atom stereocenters. The third kappa shape index (κ3) is 7.97. The number of carbonyl (C=O) groups excluding carboxylic acids is 1. The first kappa shape index (κ1) is 17.2. The summed E-state index contributed by atoms with van der Waals surface area (Å²) in [7, 11) is 0. The molecule has 0 heterocycles. The highest BCUT2D eigenvalue weighted by Gasteiger charge is 2.10. The van der Waals surface area contributed by atoms with Crippen LogP contribution < -0.4 is 0 Å². The lowest BCUT2D eigenvalue weighted by atomic mass is 10.2. The number of hydrogen-bond acceptors (Lipinski definition) is 6. The van der Waals surface area contributed by atoms with Gasteiger partial charge < -0.3 is 19.8 Å². The quantitative estimate of drug-likeness (QED) is 0.282. The summed E-state index contributed by atoms with van der Waals surface area (Å²) in [5.41, 5.74) is -0.0992. The molecule has 0 aromatic heterocycles. The maximum atomic E-state index is 11.5. The number of rotatable bonds is 8. The number of ether oxygens (including phenoxy) is 1. The van der Waals surface area contributed by atoms with E-state index in [-0.39, 0.29) is 24.9 Å². The van der Waals surface area contributed by atoms with E-state index in [2.05, 4.69) is 0 Å². The van der Waals surface area contributed by atoms with Crippen LogP contribution in [0, 0.1) is 11.3 Å². The monoisotopic (exact) mass is 268 g/mol. The molecule has 6 heteroatoms. The van der Waals surface area contributed by atoms with Crippen LogP contribution in [0.5, 0.6) is 0 Å². The molecular formula is C13H20N2O4. The van der Waals surface area contributed by atoms with E-state index in [0.29, 0.717) is 13.1 Å². The lowest BCUT2D eigenvalue weighted by molar-refractivity contribution is -0.142. The van der Waals surface area contributed by atoms with Crippen molar-refractivity contribution in [2.75, 3.05) is 26.3 Å². The molecule has 6 nitrogen and oxygen atoms in total. The van der Waals surface area contributed by atoms with Crippen molar-refractivity contribution in [2.45, 2.75) is 20.0 Å². The van der Waals surface area contributed by atoms with Gasteiger partial charge in [0.05, 0.1) is 19.3 Å². The molecule has 0 saturated carbocycles. The first-order valence-corrected chi connectivity index (χ1v) is 6.00.